The molecule has 1 unspecified atom stereocenters. The lowest BCUT2D eigenvalue weighted by atomic mass is 10.0. The minimum atomic E-state index is -0.833. The summed E-state index contributed by atoms with van der Waals surface area (Å²) in [6.45, 7) is 2.57. The molecule has 2 aromatic carbocycles. The summed E-state index contributed by atoms with van der Waals surface area (Å²) in [7, 11) is 0. The van der Waals surface area contributed by atoms with Crippen LogP contribution in [0.2, 0.25) is 5.02 Å². The quantitative estimate of drug-likeness (QED) is 0.194. The number of thiazole rings is 1. The number of nitrogens with one attached hydrogen (secondary N) is 3. The van der Waals surface area contributed by atoms with Gasteiger partial charge in [0, 0.05) is 48.3 Å². The van der Waals surface area contributed by atoms with E-state index in [1.807, 2.05) is 4.90 Å². The number of carbonyl (C=O) groups is 3. The van der Waals surface area contributed by atoms with Gasteiger partial charge in [-0.15, -0.1) is 11.3 Å². The molecule has 0 radical (unpaired) electrons. The van der Waals surface area contributed by atoms with Crippen molar-refractivity contribution in [2.45, 2.75) is 44.8 Å². The normalized spacial score (nSPS) is 16.5. The molecular weight excluding hydrogens is 619 g/mol. The molecule has 1 fully saturated rings. The number of amides is 2. The Kier molecular flexibility index (Phi) is 9.17. The van der Waals surface area contributed by atoms with Crippen molar-refractivity contribution in [3.05, 3.63) is 92.4 Å². The first-order valence-electron chi connectivity index (χ1n) is 14.6. The van der Waals surface area contributed by atoms with Gasteiger partial charge in [0.2, 0.25) is 0 Å². The number of carboxylic acids is 1. The van der Waals surface area contributed by atoms with E-state index in [1.165, 1.54) is 17.4 Å². The van der Waals surface area contributed by atoms with E-state index in [2.05, 4.69) is 25.9 Å². The van der Waals surface area contributed by atoms with E-state index in [9.17, 15) is 19.5 Å². The van der Waals surface area contributed by atoms with Crippen LogP contribution in [-0.2, 0) is 24.3 Å². The molecule has 10 nitrogen and oxygen atoms in total. The van der Waals surface area contributed by atoms with Crippen molar-refractivity contribution in [1.29, 1.82) is 0 Å². The number of aromatic nitrogens is 2. The smallest absolute Gasteiger partial charge is 0.320 e. The van der Waals surface area contributed by atoms with E-state index in [0.717, 1.165) is 41.9 Å². The predicted molar refractivity (Wildman–Crippen MR) is 170 cm³/mol. The second-order valence-corrected chi connectivity index (χ2v) is 12.4. The average molecular weight is 649 g/mol. The fraction of sp³-hybridized carbons (Fsp3) is 0.281. The Morgan fingerprint density at radius 1 is 1.04 bits per heavy atom. The molecule has 1 atom stereocenters. The largest absolute Gasteiger partial charge is 0.480 e. The summed E-state index contributed by atoms with van der Waals surface area (Å²) in [6.07, 6.45) is 4.73. The molecule has 0 saturated carbocycles. The molecular formula is C32H30ClFN6O4S. The van der Waals surface area contributed by atoms with E-state index in [4.69, 9.17) is 11.6 Å². The highest BCUT2D eigenvalue weighted by Crippen LogP contribution is 2.37. The molecule has 2 aliphatic heterocycles. The van der Waals surface area contributed by atoms with Crippen molar-refractivity contribution in [3.8, 4) is 11.1 Å². The van der Waals surface area contributed by atoms with Gasteiger partial charge < -0.3 is 21.1 Å². The molecule has 13 heteroatoms. The van der Waals surface area contributed by atoms with Crippen LogP contribution in [0.5, 0.6) is 0 Å². The first-order valence-corrected chi connectivity index (χ1v) is 15.8. The lowest BCUT2D eigenvalue weighted by Crippen LogP contribution is -2.44. The molecule has 4 aromatic rings. The number of pyridine rings is 1. The van der Waals surface area contributed by atoms with E-state index in [-0.39, 0.29) is 32.7 Å². The predicted octanol–water partition coefficient (Wildman–Crippen LogP) is 5.59. The Morgan fingerprint density at radius 3 is 2.58 bits per heavy atom. The molecule has 0 bridgehead atoms. The van der Waals surface area contributed by atoms with E-state index in [1.54, 1.807) is 48.7 Å². The number of piperidine rings is 1. The number of carboxylic acid groups (broad SMARTS) is 1. The van der Waals surface area contributed by atoms with E-state index >= 15 is 4.39 Å². The summed E-state index contributed by atoms with van der Waals surface area (Å²) < 4.78 is 15.7. The van der Waals surface area contributed by atoms with Crippen LogP contribution in [0.25, 0.3) is 11.1 Å². The maximum atomic E-state index is 15.7. The van der Waals surface area contributed by atoms with Crippen molar-refractivity contribution >= 4 is 52.1 Å². The molecule has 1 saturated heterocycles. The van der Waals surface area contributed by atoms with Crippen LogP contribution in [-0.4, -0.2) is 56.9 Å². The van der Waals surface area contributed by atoms with Crippen molar-refractivity contribution < 1.29 is 23.9 Å². The van der Waals surface area contributed by atoms with Gasteiger partial charge in [-0.1, -0.05) is 48.4 Å². The van der Waals surface area contributed by atoms with E-state index < -0.39 is 29.6 Å². The number of aliphatic carboxylic acids is 1. The van der Waals surface area contributed by atoms with Crippen LogP contribution in [0.1, 0.15) is 55.7 Å². The second-order valence-electron chi connectivity index (χ2n) is 10.9. The summed E-state index contributed by atoms with van der Waals surface area (Å²) in [5, 5.41) is 18.5. The average Bonchev–Trinajstić information content (AvgIpc) is 3.49. The molecule has 0 aliphatic carbocycles. The summed E-state index contributed by atoms with van der Waals surface area (Å²) >= 11 is 7.96. The highest BCUT2D eigenvalue weighted by Gasteiger charge is 2.28. The second kappa shape index (κ2) is 13.4. The number of likely N-dealkylation sites (tertiary alicyclic amines) is 1. The first kappa shape index (κ1) is 30.8. The maximum Gasteiger partial charge on any atom is 0.320 e. The lowest BCUT2D eigenvalue weighted by molar-refractivity contribution is -0.144. The number of rotatable bonds is 8. The molecule has 6 rings (SSSR count). The number of anilines is 2. The first-order chi connectivity index (χ1) is 21.8. The highest BCUT2D eigenvalue weighted by molar-refractivity contribution is 7.13. The highest BCUT2D eigenvalue weighted by atomic mass is 35.5. The van der Waals surface area contributed by atoms with Gasteiger partial charge in [0.15, 0.2) is 10.8 Å². The van der Waals surface area contributed by atoms with Crippen LogP contribution in [0.15, 0.2) is 54.7 Å². The number of carbonyl (C=O) groups excluding carboxylic acids is 2. The monoisotopic (exact) mass is 648 g/mol. The van der Waals surface area contributed by atoms with Crippen LogP contribution >= 0.6 is 22.9 Å². The zero-order valence-electron chi connectivity index (χ0n) is 24.1. The van der Waals surface area contributed by atoms with Crippen LogP contribution in [0, 0.1) is 5.82 Å². The number of hydrogen-bond donors (Lipinski definition) is 4. The topological polar surface area (TPSA) is 137 Å². The van der Waals surface area contributed by atoms with Gasteiger partial charge >= 0.3 is 5.97 Å². The number of nitrogens with zero attached hydrogens (tertiary/aromatic N) is 3. The molecule has 232 valence electrons. The van der Waals surface area contributed by atoms with Gasteiger partial charge in [-0.3, -0.25) is 24.3 Å². The van der Waals surface area contributed by atoms with Crippen LogP contribution in [0.4, 0.5) is 15.8 Å². The Balaban J connectivity index is 1.15. The van der Waals surface area contributed by atoms with E-state index in [0.29, 0.717) is 31.6 Å². The number of benzene rings is 2. The van der Waals surface area contributed by atoms with Crippen LogP contribution < -0.4 is 16.0 Å². The number of halogens is 2. The van der Waals surface area contributed by atoms with Gasteiger partial charge in [0.05, 0.1) is 22.1 Å². The Morgan fingerprint density at radius 2 is 1.82 bits per heavy atom. The van der Waals surface area contributed by atoms with Crippen molar-refractivity contribution in [2.75, 3.05) is 23.7 Å². The van der Waals surface area contributed by atoms with Gasteiger partial charge in [-0.2, -0.15) is 0 Å². The summed E-state index contributed by atoms with van der Waals surface area (Å²) in [5.41, 5.74) is 2.56. The number of fused-ring (bicyclic) bond motifs is 1. The van der Waals surface area contributed by atoms with Crippen LogP contribution in [0.3, 0.4) is 0 Å². The molecule has 0 spiro atoms. The van der Waals surface area contributed by atoms with Crippen molar-refractivity contribution in [3.63, 3.8) is 0 Å². The van der Waals surface area contributed by atoms with Gasteiger partial charge in [0.1, 0.15) is 11.7 Å². The fourth-order valence-electron chi connectivity index (χ4n) is 5.60. The zero-order valence-corrected chi connectivity index (χ0v) is 25.7. The minimum absolute atomic E-state index is 0.0159. The molecule has 2 aliphatic rings. The SMILES string of the molecule is O=C(Nc1cccc(-c2cccc(NC(=O)c3nc4c(s3)CNCC4)c2F)c1Cl)c1ccc(CN2CCCCC2C(=O)O)cn1. The third-order valence-electron chi connectivity index (χ3n) is 7.92. The minimum Gasteiger partial charge on any atom is -0.480 e. The third-order valence-corrected chi connectivity index (χ3v) is 9.43. The van der Waals surface area contributed by atoms with Gasteiger partial charge in [-0.05, 0) is 43.1 Å². The summed E-state index contributed by atoms with van der Waals surface area (Å²) in [6, 6.07) is 12.3. The maximum absolute atomic E-state index is 15.7. The standard InChI is InChI=1S/C32H30ClFN6O4S/c33-27-19(20-6-4-8-23(28(20)34)38-30(42)31-39-21-12-13-35-16-26(21)45-31)5-3-7-22(27)37-29(41)24-11-10-18(15-36-24)17-40-14-2-1-9-25(40)32(43)44/h3-8,10-11,15,25,35H,1-2,9,12-14,16-17H2,(H,37,41)(H,38,42)(H,43,44). The summed E-state index contributed by atoms with van der Waals surface area (Å²) in [5.74, 6) is -2.50. The van der Waals surface area contributed by atoms with Gasteiger partial charge in [-0.25, -0.2) is 9.37 Å². The molecule has 2 amide bonds. The lowest BCUT2D eigenvalue weighted by Gasteiger charge is -2.32. The zero-order chi connectivity index (χ0) is 31.5. The van der Waals surface area contributed by atoms with Crippen molar-refractivity contribution in [1.82, 2.24) is 20.2 Å². The van der Waals surface area contributed by atoms with Gasteiger partial charge in [0.25, 0.3) is 11.8 Å². The molecule has 2 aromatic heterocycles. The Bertz CT molecular complexity index is 1740. The Hall–Kier alpha value is -4.23. The third kappa shape index (κ3) is 6.74. The molecule has 45 heavy (non-hydrogen) atoms. The molecule has 4 N–H and O–H groups in total. The summed E-state index contributed by atoms with van der Waals surface area (Å²) in [4.78, 5) is 49.2. The molecule has 4 heterocycles. The number of hydrogen-bond acceptors (Lipinski definition) is 8. The Labute approximate surface area is 267 Å². The fourth-order valence-corrected chi connectivity index (χ4v) is 6.85. The van der Waals surface area contributed by atoms with Crippen molar-refractivity contribution in [2.24, 2.45) is 0 Å².